The van der Waals surface area contributed by atoms with Crippen LogP contribution in [0.3, 0.4) is 0 Å². The first-order valence-electron chi connectivity index (χ1n) is 8.49. The molecule has 4 rings (SSSR count). The van der Waals surface area contributed by atoms with E-state index in [-0.39, 0.29) is 12.0 Å². The topological polar surface area (TPSA) is 86.3 Å². The lowest BCUT2D eigenvalue weighted by Crippen LogP contribution is -2.37. The summed E-state index contributed by atoms with van der Waals surface area (Å²) in [6, 6.07) is 5.01. The number of nitrogens with zero attached hydrogens (tertiary/aromatic N) is 5. The third-order valence-corrected chi connectivity index (χ3v) is 4.76. The van der Waals surface area contributed by atoms with Crippen molar-refractivity contribution in [1.29, 1.82) is 0 Å². The summed E-state index contributed by atoms with van der Waals surface area (Å²) in [4.78, 5) is 17.6. The number of carbonyl (C=O) groups is 1. The molecule has 27 heavy (non-hydrogen) atoms. The maximum Gasteiger partial charge on any atom is 0.409 e. The van der Waals surface area contributed by atoms with E-state index < -0.39 is 6.55 Å². The molecule has 0 saturated carbocycles. The summed E-state index contributed by atoms with van der Waals surface area (Å²) in [5, 5.41) is 8.29. The summed E-state index contributed by atoms with van der Waals surface area (Å²) < 4.78 is 36.8. The van der Waals surface area contributed by atoms with E-state index in [0.29, 0.717) is 58.8 Å². The Morgan fingerprint density at radius 3 is 2.81 bits per heavy atom. The van der Waals surface area contributed by atoms with Gasteiger partial charge in [-0.1, -0.05) is 17.3 Å². The smallest absolute Gasteiger partial charge is 0.409 e. The van der Waals surface area contributed by atoms with Crippen molar-refractivity contribution in [3.63, 3.8) is 0 Å². The minimum absolute atomic E-state index is 0.0440. The zero-order chi connectivity index (χ0) is 19.0. The zero-order valence-corrected chi connectivity index (χ0v) is 14.5. The van der Waals surface area contributed by atoms with Crippen LogP contribution in [0.25, 0.3) is 22.3 Å². The van der Waals surface area contributed by atoms with Crippen molar-refractivity contribution in [2.45, 2.75) is 25.3 Å². The van der Waals surface area contributed by atoms with E-state index in [1.807, 2.05) is 0 Å². The number of fused-ring (bicyclic) bond motifs is 1. The fourth-order valence-electron chi connectivity index (χ4n) is 3.29. The molecule has 0 bridgehead atoms. The molecule has 0 radical (unpaired) electrons. The molecule has 1 fully saturated rings. The molecule has 3 aromatic rings. The van der Waals surface area contributed by atoms with Crippen LogP contribution in [0.5, 0.6) is 0 Å². The van der Waals surface area contributed by atoms with Crippen LogP contribution in [0, 0.1) is 0 Å². The highest BCUT2D eigenvalue weighted by atomic mass is 19.3. The average molecular weight is 377 g/mol. The second-order valence-corrected chi connectivity index (χ2v) is 6.33. The van der Waals surface area contributed by atoms with Crippen LogP contribution >= 0.6 is 0 Å². The predicted octanol–water partition coefficient (Wildman–Crippen LogP) is 3.43. The number of methoxy groups -OCH3 is 1. The van der Waals surface area contributed by atoms with Crippen LogP contribution in [0.1, 0.15) is 31.2 Å². The summed E-state index contributed by atoms with van der Waals surface area (Å²) in [7, 11) is 1.36. The van der Waals surface area contributed by atoms with Gasteiger partial charge in [-0.05, 0) is 18.9 Å². The molecule has 2 aromatic heterocycles. The number of hydrogen-bond donors (Lipinski definition) is 0. The number of hydrogen-bond acceptors (Lipinski definition) is 6. The second-order valence-electron chi connectivity index (χ2n) is 6.33. The van der Waals surface area contributed by atoms with E-state index in [0.717, 1.165) is 0 Å². The van der Waals surface area contributed by atoms with Gasteiger partial charge in [-0.2, -0.15) is 18.9 Å². The highest BCUT2D eigenvalue weighted by Gasteiger charge is 2.28. The van der Waals surface area contributed by atoms with Gasteiger partial charge in [0.2, 0.25) is 11.7 Å². The number of aromatic nitrogens is 4. The monoisotopic (exact) mass is 377 g/mol. The first-order chi connectivity index (χ1) is 13.1. The number of alkyl halides is 2. The Kier molecular flexibility index (Phi) is 4.46. The summed E-state index contributed by atoms with van der Waals surface area (Å²) in [6.45, 7) is -1.62. The number of carbonyl (C=O) groups excluding carboxylic acids is 1. The Balaban J connectivity index is 1.54. The van der Waals surface area contributed by atoms with Crippen molar-refractivity contribution in [1.82, 2.24) is 24.8 Å². The Bertz CT molecular complexity index is 963. The third kappa shape index (κ3) is 3.22. The lowest BCUT2D eigenvalue weighted by Gasteiger charge is -2.28. The van der Waals surface area contributed by atoms with Crippen LogP contribution in [0.4, 0.5) is 13.6 Å². The number of ether oxygens (including phenoxy) is 1. The third-order valence-electron chi connectivity index (χ3n) is 4.76. The Morgan fingerprint density at radius 1 is 1.33 bits per heavy atom. The lowest BCUT2D eigenvalue weighted by atomic mass is 9.97. The van der Waals surface area contributed by atoms with Gasteiger partial charge in [-0.15, -0.1) is 0 Å². The molecule has 3 heterocycles. The molecule has 0 N–H and O–H groups in total. The van der Waals surface area contributed by atoms with E-state index in [4.69, 9.17) is 9.26 Å². The molecule has 10 heteroatoms. The van der Waals surface area contributed by atoms with Crippen molar-refractivity contribution in [3.05, 3.63) is 30.3 Å². The minimum Gasteiger partial charge on any atom is -0.453 e. The maximum atomic E-state index is 13.0. The van der Waals surface area contributed by atoms with Gasteiger partial charge < -0.3 is 14.2 Å². The quantitative estimate of drug-likeness (QED) is 0.695. The molecule has 0 aliphatic carbocycles. The molecule has 1 aliphatic heterocycles. The number of rotatable bonds is 3. The van der Waals surface area contributed by atoms with Crippen LogP contribution in [-0.2, 0) is 4.74 Å². The standard InChI is InChI=1S/C17H17F2N5O3/c1-26-17(25)23-6-4-10(5-7-23)15-21-14(22-27-15)11-2-3-12-9-20-24(16(18)19)13(12)8-11/h2-3,8-10,16H,4-7H2,1H3. The van der Waals surface area contributed by atoms with Crippen LogP contribution in [-0.4, -0.2) is 51.1 Å². The number of amides is 1. The molecule has 1 saturated heterocycles. The molecule has 1 aromatic carbocycles. The van der Waals surface area contributed by atoms with Gasteiger partial charge in [0, 0.05) is 30.0 Å². The zero-order valence-electron chi connectivity index (χ0n) is 14.5. The highest BCUT2D eigenvalue weighted by molar-refractivity contribution is 5.83. The molecular weight excluding hydrogens is 360 g/mol. The number of benzene rings is 1. The summed E-state index contributed by atoms with van der Waals surface area (Å²) in [5.41, 5.74) is 0.882. The summed E-state index contributed by atoms with van der Waals surface area (Å²) in [6.07, 6.45) is 2.42. The van der Waals surface area contributed by atoms with E-state index in [1.54, 1.807) is 23.1 Å². The van der Waals surface area contributed by atoms with Crippen LogP contribution in [0.2, 0.25) is 0 Å². The van der Waals surface area contributed by atoms with Gasteiger partial charge in [0.05, 0.1) is 18.8 Å². The van der Waals surface area contributed by atoms with Crippen molar-refractivity contribution in [2.75, 3.05) is 20.2 Å². The van der Waals surface area contributed by atoms with Gasteiger partial charge in [0.25, 0.3) is 0 Å². The first kappa shape index (κ1) is 17.4. The molecule has 1 amide bonds. The van der Waals surface area contributed by atoms with Crippen molar-refractivity contribution in [2.24, 2.45) is 0 Å². The van der Waals surface area contributed by atoms with Crippen molar-refractivity contribution in [3.8, 4) is 11.4 Å². The number of halogens is 2. The molecular formula is C17H17F2N5O3. The molecule has 142 valence electrons. The predicted molar refractivity (Wildman–Crippen MR) is 90.2 cm³/mol. The van der Waals surface area contributed by atoms with E-state index in [1.165, 1.54) is 13.3 Å². The molecule has 0 atom stereocenters. The SMILES string of the molecule is COC(=O)N1CCC(c2nc(-c3ccc4cnn(C(F)F)c4c3)no2)CC1. The highest BCUT2D eigenvalue weighted by Crippen LogP contribution is 2.30. The maximum absolute atomic E-state index is 13.0. The van der Waals surface area contributed by atoms with Gasteiger partial charge in [0.15, 0.2) is 0 Å². The summed E-state index contributed by atoms with van der Waals surface area (Å²) in [5.74, 6) is 0.865. The molecule has 1 aliphatic rings. The van der Waals surface area contributed by atoms with Crippen molar-refractivity contribution >= 4 is 17.0 Å². The number of piperidine rings is 1. The average Bonchev–Trinajstić information content (AvgIpc) is 3.34. The molecule has 8 nitrogen and oxygen atoms in total. The van der Waals surface area contributed by atoms with Gasteiger partial charge in [0.1, 0.15) is 0 Å². The first-order valence-corrected chi connectivity index (χ1v) is 8.49. The Hall–Kier alpha value is -3.04. The van der Waals surface area contributed by atoms with Gasteiger partial charge >= 0.3 is 12.6 Å². The van der Waals surface area contributed by atoms with Crippen molar-refractivity contribution < 1.29 is 22.8 Å². The Labute approximate surface area is 152 Å². The van der Waals surface area contributed by atoms with Gasteiger partial charge in [-0.3, -0.25) is 0 Å². The second kappa shape index (κ2) is 6.93. The summed E-state index contributed by atoms with van der Waals surface area (Å²) >= 11 is 0. The largest absolute Gasteiger partial charge is 0.453 e. The lowest BCUT2D eigenvalue weighted by molar-refractivity contribution is 0.0615. The van der Waals surface area contributed by atoms with E-state index in [2.05, 4.69) is 15.2 Å². The van der Waals surface area contributed by atoms with E-state index in [9.17, 15) is 13.6 Å². The molecule has 0 spiro atoms. The normalized spacial score (nSPS) is 15.6. The Morgan fingerprint density at radius 2 is 2.11 bits per heavy atom. The van der Waals surface area contributed by atoms with Gasteiger partial charge in [-0.25, -0.2) is 9.48 Å². The fraction of sp³-hybridized carbons (Fsp3) is 0.412. The number of likely N-dealkylation sites (tertiary alicyclic amines) is 1. The van der Waals surface area contributed by atoms with E-state index >= 15 is 0 Å². The minimum atomic E-state index is -2.72. The van der Waals surface area contributed by atoms with Crippen LogP contribution < -0.4 is 0 Å². The van der Waals surface area contributed by atoms with Crippen LogP contribution in [0.15, 0.2) is 28.9 Å². The molecule has 0 unspecified atom stereocenters. The fourth-order valence-corrected chi connectivity index (χ4v) is 3.29.